The van der Waals surface area contributed by atoms with Gasteiger partial charge in [-0.3, -0.25) is 0 Å². The molecular weight excluding hydrogens is 232 g/mol. The summed E-state index contributed by atoms with van der Waals surface area (Å²) in [4.78, 5) is 16.3. The average Bonchev–Trinajstić information content (AvgIpc) is 2.79. The van der Waals surface area contributed by atoms with Crippen molar-refractivity contribution in [1.29, 1.82) is 0 Å². The number of nitrogens with one attached hydrogen (secondary N) is 1. The first kappa shape index (κ1) is 10.9. The van der Waals surface area contributed by atoms with Crippen molar-refractivity contribution in [2.45, 2.75) is 31.7 Å². The highest BCUT2D eigenvalue weighted by molar-refractivity contribution is 5.37. The zero-order valence-corrected chi connectivity index (χ0v) is 10.0. The molecule has 2 aromatic rings. The monoisotopic (exact) mass is 246 g/mol. The van der Waals surface area contributed by atoms with E-state index in [1.165, 1.54) is 23.8 Å². The maximum absolute atomic E-state index is 5.68. The molecular formula is C10H14N8. The van der Waals surface area contributed by atoms with Gasteiger partial charge in [0.15, 0.2) is 0 Å². The Morgan fingerprint density at radius 1 is 1.33 bits per heavy atom. The average molecular weight is 246 g/mol. The van der Waals surface area contributed by atoms with Gasteiger partial charge >= 0.3 is 0 Å². The lowest BCUT2D eigenvalue weighted by atomic mass is 9.79. The molecule has 1 aliphatic carbocycles. The summed E-state index contributed by atoms with van der Waals surface area (Å²) in [5.41, 5.74) is 5.74. The van der Waals surface area contributed by atoms with Crippen LogP contribution in [0, 0.1) is 0 Å². The quantitative estimate of drug-likeness (QED) is 0.806. The molecule has 3 rings (SSSR count). The van der Waals surface area contributed by atoms with Crippen LogP contribution in [0.15, 0.2) is 12.7 Å². The number of aromatic nitrogens is 6. The Hall–Kier alpha value is -2.25. The number of anilines is 2. The maximum Gasteiger partial charge on any atom is 0.258 e. The van der Waals surface area contributed by atoms with Crippen molar-refractivity contribution >= 4 is 11.9 Å². The van der Waals surface area contributed by atoms with Gasteiger partial charge in [0.05, 0.1) is 0 Å². The third-order valence-electron chi connectivity index (χ3n) is 3.14. The molecule has 0 aromatic carbocycles. The molecule has 1 aliphatic rings. The van der Waals surface area contributed by atoms with E-state index in [0.29, 0.717) is 11.9 Å². The van der Waals surface area contributed by atoms with Gasteiger partial charge < -0.3 is 11.1 Å². The van der Waals surface area contributed by atoms with E-state index in [9.17, 15) is 0 Å². The standard InChI is InChI=1S/C10H14N8/c1-10(3-2-4-10)17-8-14-7(11)15-9(16-8)18-6-12-5-13-18/h5-6H,2-4H2,1H3,(H3,11,14,15,16,17). The van der Waals surface area contributed by atoms with E-state index >= 15 is 0 Å². The van der Waals surface area contributed by atoms with Gasteiger partial charge in [-0.15, -0.1) is 0 Å². The molecule has 8 nitrogen and oxygen atoms in total. The lowest BCUT2D eigenvalue weighted by Crippen LogP contribution is -2.42. The summed E-state index contributed by atoms with van der Waals surface area (Å²) >= 11 is 0. The van der Waals surface area contributed by atoms with Gasteiger partial charge in [-0.1, -0.05) is 0 Å². The summed E-state index contributed by atoms with van der Waals surface area (Å²) in [6.45, 7) is 2.14. The third-order valence-corrected chi connectivity index (χ3v) is 3.14. The number of nitrogens with two attached hydrogens (primary N) is 1. The highest BCUT2D eigenvalue weighted by atomic mass is 15.4. The normalized spacial score (nSPS) is 17.2. The summed E-state index contributed by atoms with van der Waals surface area (Å²) in [5.74, 6) is 1.02. The first-order valence-electron chi connectivity index (χ1n) is 5.79. The summed E-state index contributed by atoms with van der Waals surface area (Å²) in [6, 6.07) is 0. The molecule has 94 valence electrons. The first-order valence-corrected chi connectivity index (χ1v) is 5.79. The van der Waals surface area contributed by atoms with E-state index < -0.39 is 0 Å². The Labute approximate surface area is 104 Å². The van der Waals surface area contributed by atoms with Crippen molar-refractivity contribution in [2.24, 2.45) is 0 Å². The molecule has 0 saturated heterocycles. The molecule has 2 heterocycles. The van der Waals surface area contributed by atoms with Crippen molar-refractivity contribution in [3.05, 3.63) is 12.7 Å². The fourth-order valence-corrected chi connectivity index (χ4v) is 1.95. The smallest absolute Gasteiger partial charge is 0.258 e. The molecule has 0 bridgehead atoms. The van der Waals surface area contributed by atoms with Gasteiger partial charge in [-0.2, -0.15) is 24.7 Å². The zero-order chi connectivity index (χ0) is 12.6. The van der Waals surface area contributed by atoms with Gasteiger partial charge in [0, 0.05) is 5.54 Å². The van der Waals surface area contributed by atoms with Crippen LogP contribution < -0.4 is 11.1 Å². The third kappa shape index (κ3) is 1.96. The number of nitrogen functional groups attached to an aromatic ring is 1. The second-order valence-corrected chi connectivity index (χ2v) is 4.70. The number of nitrogens with zero attached hydrogens (tertiary/aromatic N) is 6. The van der Waals surface area contributed by atoms with Crippen LogP contribution in [-0.2, 0) is 0 Å². The molecule has 18 heavy (non-hydrogen) atoms. The Kier molecular flexibility index (Phi) is 2.35. The summed E-state index contributed by atoms with van der Waals surface area (Å²) < 4.78 is 1.45. The fourth-order valence-electron chi connectivity index (χ4n) is 1.95. The van der Waals surface area contributed by atoms with Crippen LogP contribution in [-0.4, -0.2) is 35.3 Å². The summed E-state index contributed by atoms with van der Waals surface area (Å²) in [7, 11) is 0. The van der Waals surface area contributed by atoms with Crippen LogP contribution >= 0.6 is 0 Å². The van der Waals surface area contributed by atoms with Crippen LogP contribution in [0.4, 0.5) is 11.9 Å². The molecule has 3 N–H and O–H groups in total. The Balaban J connectivity index is 1.91. The Morgan fingerprint density at radius 2 is 2.17 bits per heavy atom. The second kappa shape index (κ2) is 3.90. The van der Waals surface area contributed by atoms with Gasteiger partial charge in [-0.05, 0) is 26.2 Å². The van der Waals surface area contributed by atoms with Crippen molar-refractivity contribution < 1.29 is 0 Å². The molecule has 0 atom stereocenters. The van der Waals surface area contributed by atoms with Gasteiger partial charge in [0.1, 0.15) is 12.7 Å². The molecule has 8 heteroatoms. The van der Waals surface area contributed by atoms with Crippen LogP contribution in [0.25, 0.3) is 5.95 Å². The molecule has 1 saturated carbocycles. The zero-order valence-electron chi connectivity index (χ0n) is 10.0. The van der Waals surface area contributed by atoms with Crippen molar-refractivity contribution in [1.82, 2.24) is 29.7 Å². The number of hydrogen-bond donors (Lipinski definition) is 2. The fraction of sp³-hybridized carbons (Fsp3) is 0.500. The molecule has 0 amide bonds. The van der Waals surface area contributed by atoms with Crippen molar-refractivity contribution in [2.75, 3.05) is 11.1 Å². The molecule has 0 unspecified atom stereocenters. The van der Waals surface area contributed by atoms with Gasteiger partial charge in [0.25, 0.3) is 5.95 Å². The van der Waals surface area contributed by atoms with E-state index in [0.717, 1.165) is 12.8 Å². The van der Waals surface area contributed by atoms with Crippen LogP contribution in [0.1, 0.15) is 26.2 Å². The summed E-state index contributed by atoms with van der Waals surface area (Å²) in [6.07, 6.45) is 6.37. The van der Waals surface area contributed by atoms with E-state index in [4.69, 9.17) is 5.73 Å². The summed E-state index contributed by atoms with van der Waals surface area (Å²) in [5, 5.41) is 7.26. The van der Waals surface area contributed by atoms with E-state index in [1.807, 2.05) is 0 Å². The van der Waals surface area contributed by atoms with E-state index in [2.05, 4.69) is 37.3 Å². The molecule has 0 aliphatic heterocycles. The van der Waals surface area contributed by atoms with Crippen molar-refractivity contribution in [3.8, 4) is 5.95 Å². The predicted octanol–water partition coefficient (Wildman–Crippen LogP) is 0.389. The van der Waals surface area contributed by atoms with E-state index in [-0.39, 0.29) is 11.5 Å². The van der Waals surface area contributed by atoms with E-state index in [1.54, 1.807) is 0 Å². The maximum atomic E-state index is 5.68. The highest BCUT2D eigenvalue weighted by Gasteiger charge is 2.32. The van der Waals surface area contributed by atoms with Gasteiger partial charge in [-0.25, -0.2) is 4.98 Å². The highest BCUT2D eigenvalue weighted by Crippen LogP contribution is 2.33. The van der Waals surface area contributed by atoms with Crippen LogP contribution in [0.3, 0.4) is 0 Å². The molecule has 0 radical (unpaired) electrons. The predicted molar refractivity (Wildman–Crippen MR) is 65.0 cm³/mol. The molecule has 1 fully saturated rings. The lowest BCUT2D eigenvalue weighted by molar-refractivity contribution is 0.304. The molecule has 0 spiro atoms. The largest absolute Gasteiger partial charge is 0.368 e. The number of rotatable bonds is 3. The minimum atomic E-state index is 0.0629. The first-order chi connectivity index (χ1) is 8.65. The van der Waals surface area contributed by atoms with Gasteiger partial charge in [0.2, 0.25) is 11.9 Å². The van der Waals surface area contributed by atoms with Crippen LogP contribution in [0.2, 0.25) is 0 Å². The minimum Gasteiger partial charge on any atom is -0.368 e. The molecule has 2 aromatic heterocycles. The Morgan fingerprint density at radius 3 is 2.78 bits per heavy atom. The van der Waals surface area contributed by atoms with Crippen molar-refractivity contribution in [3.63, 3.8) is 0 Å². The SMILES string of the molecule is CC1(Nc2nc(N)nc(-n3cncn3)n2)CCC1. The number of hydrogen-bond acceptors (Lipinski definition) is 7. The Bertz CT molecular complexity index is 545. The lowest BCUT2D eigenvalue weighted by Gasteiger charge is -2.39. The minimum absolute atomic E-state index is 0.0629. The topological polar surface area (TPSA) is 107 Å². The second-order valence-electron chi connectivity index (χ2n) is 4.70. The van der Waals surface area contributed by atoms with Crippen LogP contribution in [0.5, 0.6) is 0 Å².